The third kappa shape index (κ3) is 3.93. The van der Waals surface area contributed by atoms with E-state index in [9.17, 15) is 0 Å². The van der Waals surface area contributed by atoms with Crippen LogP contribution in [0.5, 0.6) is 0 Å². The molecule has 0 unspecified atom stereocenters. The van der Waals surface area contributed by atoms with Gasteiger partial charge in [0.05, 0.1) is 18.9 Å². The summed E-state index contributed by atoms with van der Waals surface area (Å²) in [6, 6.07) is 6.31. The quantitative estimate of drug-likeness (QED) is 0.855. The van der Waals surface area contributed by atoms with E-state index in [0.29, 0.717) is 5.92 Å². The molecule has 0 aliphatic carbocycles. The number of nitrogens with one attached hydrogen (secondary N) is 2. The van der Waals surface area contributed by atoms with Gasteiger partial charge in [0.15, 0.2) is 0 Å². The molecule has 2 aromatic heterocycles. The first-order chi connectivity index (χ1) is 12.3. The predicted octanol–water partition coefficient (Wildman–Crippen LogP) is 1.33. The maximum absolute atomic E-state index is 5.59. The lowest BCUT2D eigenvalue weighted by atomic mass is 10.1. The summed E-state index contributed by atoms with van der Waals surface area (Å²) in [6.45, 7) is 8.48. The molecule has 7 heteroatoms. The number of aromatic nitrogens is 3. The monoisotopic (exact) mass is 342 g/mol. The minimum atomic E-state index is 0.274. The fourth-order valence-electron chi connectivity index (χ4n) is 3.48. The lowest BCUT2D eigenvalue weighted by Crippen LogP contribution is -2.41. The lowest BCUT2D eigenvalue weighted by molar-refractivity contribution is 0.0529. The van der Waals surface area contributed by atoms with E-state index in [4.69, 9.17) is 4.74 Å². The van der Waals surface area contributed by atoms with Gasteiger partial charge in [-0.2, -0.15) is 5.10 Å². The van der Waals surface area contributed by atoms with Gasteiger partial charge in [0.25, 0.3) is 0 Å². The van der Waals surface area contributed by atoms with Crippen LogP contribution in [0.25, 0.3) is 0 Å². The van der Waals surface area contributed by atoms with Crippen molar-refractivity contribution in [2.75, 3.05) is 43.0 Å². The molecule has 2 N–H and O–H groups in total. The van der Waals surface area contributed by atoms with E-state index in [2.05, 4.69) is 44.7 Å². The van der Waals surface area contributed by atoms with Crippen molar-refractivity contribution in [2.45, 2.75) is 26.1 Å². The molecule has 0 radical (unpaired) electrons. The molecule has 0 aromatic carbocycles. The van der Waals surface area contributed by atoms with Gasteiger partial charge >= 0.3 is 0 Å². The van der Waals surface area contributed by atoms with Gasteiger partial charge in [0, 0.05) is 57.4 Å². The van der Waals surface area contributed by atoms with Gasteiger partial charge in [-0.25, -0.2) is 9.67 Å². The van der Waals surface area contributed by atoms with E-state index in [1.165, 1.54) is 5.56 Å². The summed E-state index contributed by atoms with van der Waals surface area (Å²) in [5.41, 5.74) is 1.22. The van der Waals surface area contributed by atoms with Gasteiger partial charge in [0.2, 0.25) is 0 Å². The Labute approximate surface area is 148 Å². The molecule has 2 aliphatic heterocycles. The Balaban J connectivity index is 1.25. The highest BCUT2D eigenvalue weighted by molar-refractivity contribution is 5.40. The van der Waals surface area contributed by atoms with Crippen molar-refractivity contribution in [1.82, 2.24) is 20.1 Å². The number of pyridine rings is 1. The Bertz CT molecular complexity index is 685. The minimum Gasteiger partial charge on any atom is -0.375 e. The topological polar surface area (TPSA) is 67.2 Å². The van der Waals surface area contributed by atoms with E-state index in [1.54, 1.807) is 0 Å². The molecular formula is C18H26N6O. The molecule has 0 saturated carbocycles. The van der Waals surface area contributed by atoms with E-state index in [0.717, 1.165) is 57.5 Å². The fourth-order valence-corrected chi connectivity index (χ4v) is 3.48. The molecule has 7 nitrogen and oxygen atoms in total. The van der Waals surface area contributed by atoms with Crippen molar-refractivity contribution >= 4 is 11.6 Å². The summed E-state index contributed by atoms with van der Waals surface area (Å²) >= 11 is 0. The van der Waals surface area contributed by atoms with E-state index in [1.807, 2.05) is 23.1 Å². The van der Waals surface area contributed by atoms with Gasteiger partial charge in [-0.3, -0.25) is 0 Å². The molecular weight excluding hydrogens is 316 g/mol. The van der Waals surface area contributed by atoms with Crippen molar-refractivity contribution in [3.05, 3.63) is 36.2 Å². The number of hydrogen-bond acceptors (Lipinski definition) is 6. The zero-order valence-corrected chi connectivity index (χ0v) is 14.7. The van der Waals surface area contributed by atoms with Crippen molar-refractivity contribution in [1.29, 1.82) is 0 Å². The Hall–Kier alpha value is -2.12. The van der Waals surface area contributed by atoms with Crippen molar-refractivity contribution in [2.24, 2.45) is 5.92 Å². The van der Waals surface area contributed by atoms with Crippen LogP contribution in [0.1, 0.15) is 12.5 Å². The fraction of sp³-hybridized carbons (Fsp3) is 0.556. The molecule has 0 spiro atoms. The van der Waals surface area contributed by atoms with Crippen LogP contribution in [0.15, 0.2) is 30.6 Å². The first-order valence-corrected chi connectivity index (χ1v) is 9.06. The Morgan fingerprint density at radius 1 is 1.32 bits per heavy atom. The van der Waals surface area contributed by atoms with Crippen LogP contribution in [0.2, 0.25) is 0 Å². The van der Waals surface area contributed by atoms with Gasteiger partial charge in [-0.05, 0) is 18.6 Å². The second kappa shape index (κ2) is 7.41. The summed E-state index contributed by atoms with van der Waals surface area (Å²) < 4.78 is 7.63. The van der Waals surface area contributed by atoms with Gasteiger partial charge in [-0.15, -0.1) is 0 Å². The van der Waals surface area contributed by atoms with Crippen LogP contribution in [-0.4, -0.2) is 53.7 Å². The van der Waals surface area contributed by atoms with Crippen LogP contribution in [0.4, 0.5) is 11.6 Å². The molecule has 4 rings (SSSR count). The molecule has 0 bridgehead atoms. The second-order valence-corrected chi connectivity index (χ2v) is 6.93. The van der Waals surface area contributed by atoms with Crippen LogP contribution in [-0.2, 0) is 17.8 Å². The van der Waals surface area contributed by atoms with Crippen molar-refractivity contribution in [3.8, 4) is 0 Å². The van der Waals surface area contributed by atoms with E-state index >= 15 is 0 Å². The van der Waals surface area contributed by atoms with Crippen LogP contribution < -0.4 is 15.5 Å². The molecule has 0 amide bonds. The SMILES string of the molecule is C[C@H]1CN(c2ccc(CNC[C@@H]3CNc4ccnn4C3)cn2)CCO1. The zero-order chi connectivity index (χ0) is 17.1. The highest BCUT2D eigenvalue weighted by atomic mass is 16.5. The van der Waals surface area contributed by atoms with Crippen LogP contribution >= 0.6 is 0 Å². The van der Waals surface area contributed by atoms with Crippen molar-refractivity contribution < 1.29 is 4.74 Å². The number of fused-ring (bicyclic) bond motifs is 1. The highest BCUT2D eigenvalue weighted by Gasteiger charge is 2.19. The van der Waals surface area contributed by atoms with E-state index < -0.39 is 0 Å². The summed E-state index contributed by atoms with van der Waals surface area (Å²) in [5.74, 6) is 2.71. The van der Waals surface area contributed by atoms with Gasteiger partial charge in [0.1, 0.15) is 11.6 Å². The molecule has 1 fully saturated rings. The first-order valence-electron chi connectivity index (χ1n) is 9.06. The average Bonchev–Trinajstić information content (AvgIpc) is 3.10. The molecule has 25 heavy (non-hydrogen) atoms. The number of anilines is 2. The molecule has 2 atom stereocenters. The third-order valence-corrected chi connectivity index (χ3v) is 4.86. The molecule has 2 aromatic rings. The maximum atomic E-state index is 5.59. The first kappa shape index (κ1) is 16.4. The highest BCUT2D eigenvalue weighted by Crippen LogP contribution is 2.17. The number of ether oxygens (including phenoxy) is 1. The molecule has 134 valence electrons. The number of rotatable bonds is 5. The van der Waals surface area contributed by atoms with Gasteiger partial charge in [-0.1, -0.05) is 6.07 Å². The second-order valence-electron chi connectivity index (χ2n) is 6.93. The minimum absolute atomic E-state index is 0.274. The van der Waals surface area contributed by atoms with Crippen LogP contribution in [0.3, 0.4) is 0 Å². The molecule has 2 aliphatic rings. The number of morpholine rings is 1. The summed E-state index contributed by atoms with van der Waals surface area (Å²) in [7, 11) is 0. The van der Waals surface area contributed by atoms with E-state index in [-0.39, 0.29) is 6.10 Å². The molecule has 1 saturated heterocycles. The Kier molecular flexibility index (Phi) is 4.85. The third-order valence-electron chi connectivity index (χ3n) is 4.86. The number of hydrogen-bond donors (Lipinski definition) is 2. The Morgan fingerprint density at radius 2 is 2.28 bits per heavy atom. The standard InChI is InChI=1S/C18H26N6O/c1-14-12-23(6-7-25-14)17-3-2-15(10-20-17)8-19-9-16-11-21-18-4-5-22-24(18)13-16/h2-5,10,14,16,19,21H,6-9,11-13H2,1H3/t14-,16+/m0/s1. The summed E-state index contributed by atoms with van der Waals surface area (Å²) in [5, 5.41) is 11.3. The summed E-state index contributed by atoms with van der Waals surface area (Å²) in [6.07, 6.45) is 4.10. The lowest BCUT2D eigenvalue weighted by Gasteiger charge is -2.32. The Morgan fingerprint density at radius 3 is 3.12 bits per heavy atom. The largest absolute Gasteiger partial charge is 0.375 e. The average molecular weight is 342 g/mol. The smallest absolute Gasteiger partial charge is 0.128 e. The van der Waals surface area contributed by atoms with Crippen molar-refractivity contribution in [3.63, 3.8) is 0 Å². The van der Waals surface area contributed by atoms with Crippen LogP contribution in [0, 0.1) is 5.92 Å². The molecule has 4 heterocycles. The zero-order valence-electron chi connectivity index (χ0n) is 14.7. The predicted molar refractivity (Wildman–Crippen MR) is 97.8 cm³/mol. The normalized spacial score (nSPS) is 23.2. The maximum Gasteiger partial charge on any atom is 0.128 e. The summed E-state index contributed by atoms with van der Waals surface area (Å²) in [4.78, 5) is 6.92. The van der Waals surface area contributed by atoms with Gasteiger partial charge < -0.3 is 20.3 Å². The number of nitrogens with zero attached hydrogens (tertiary/aromatic N) is 4.